The second-order valence-corrected chi connectivity index (χ2v) is 1.63. The zero-order valence-corrected chi connectivity index (χ0v) is 5.80. The summed E-state index contributed by atoms with van der Waals surface area (Å²) in [7, 11) is 0. The molecular formula is C5H9N3O3. The van der Waals surface area contributed by atoms with Gasteiger partial charge >= 0.3 is 5.82 Å². The van der Waals surface area contributed by atoms with Gasteiger partial charge in [0.15, 0.2) is 0 Å². The molecule has 0 aliphatic heterocycles. The fraction of sp³-hybridized carbons (Fsp3) is 0.400. The maximum absolute atomic E-state index is 9.86. The van der Waals surface area contributed by atoms with Crippen molar-refractivity contribution in [2.45, 2.75) is 0 Å². The van der Waals surface area contributed by atoms with Gasteiger partial charge in [-0.2, -0.15) is 0 Å². The minimum Gasteiger partial charge on any atom is -0.394 e. The monoisotopic (exact) mass is 159 g/mol. The first-order valence-electron chi connectivity index (χ1n) is 2.89. The van der Waals surface area contributed by atoms with E-state index in [-0.39, 0.29) is 13.2 Å². The molecule has 0 rings (SSSR count). The molecule has 0 saturated heterocycles. The third kappa shape index (κ3) is 5.04. The van der Waals surface area contributed by atoms with Crippen LogP contribution in [0.1, 0.15) is 0 Å². The largest absolute Gasteiger partial charge is 0.394 e. The highest BCUT2D eigenvalue weighted by atomic mass is 16.6. The van der Waals surface area contributed by atoms with Crippen LogP contribution in [0.25, 0.3) is 0 Å². The van der Waals surface area contributed by atoms with E-state index in [2.05, 4.69) is 4.99 Å². The number of hydrogen-bond donors (Lipinski definition) is 2. The fourth-order valence-electron chi connectivity index (χ4n) is 0.322. The summed E-state index contributed by atoms with van der Waals surface area (Å²) in [6.07, 6.45) is 2.25. The molecule has 0 unspecified atom stereocenters. The summed E-state index contributed by atoms with van der Waals surface area (Å²) in [5.74, 6) is -0.466. The van der Waals surface area contributed by atoms with E-state index in [4.69, 9.17) is 10.8 Å². The minimum atomic E-state index is -0.717. The number of allylic oxidation sites excluding steroid dienone is 1. The van der Waals surface area contributed by atoms with Crippen LogP contribution in [0.3, 0.4) is 0 Å². The summed E-state index contributed by atoms with van der Waals surface area (Å²) in [4.78, 5) is 12.7. The van der Waals surface area contributed by atoms with Gasteiger partial charge in [0, 0.05) is 12.3 Å². The maximum atomic E-state index is 9.86. The van der Waals surface area contributed by atoms with Gasteiger partial charge < -0.3 is 15.2 Å². The Morgan fingerprint density at radius 3 is 2.91 bits per heavy atom. The molecule has 11 heavy (non-hydrogen) atoms. The van der Waals surface area contributed by atoms with Crippen LogP contribution in [-0.4, -0.2) is 29.4 Å². The summed E-state index contributed by atoms with van der Waals surface area (Å²) < 4.78 is 0. The summed E-state index contributed by atoms with van der Waals surface area (Å²) in [6, 6.07) is 0. The lowest BCUT2D eigenvalue weighted by Gasteiger charge is -1.89. The lowest BCUT2D eigenvalue weighted by Crippen LogP contribution is -2.08. The summed E-state index contributed by atoms with van der Waals surface area (Å²) in [6.45, 7) is 0.143. The number of nitro groups is 1. The normalized spacial score (nSPS) is 12.3. The van der Waals surface area contributed by atoms with Crippen molar-refractivity contribution in [1.82, 2.24) is 0 Å². The van der Waals surface area contributed by atoms with Gasteiger partial charge in [0.2, 0.25) is 0 Å². The van der Waals surface area contributed by atoms with Crippen LogP contribution in [0.4, 0.5) is 0 Å². The smallest absolute Gasteiger partial charge is 0.315 e. The van der Waals surface area contributed by atoms with Crippen LogP contribution in [0.15, 0.2) is 16.9 Å². The summed E-state index contributed by atoms with van der Waals surface area (Å²) in [5, 5.41) is 18.1. The number of rotatable bonds is 4. The Hall–Kier alpha value is -1.43. The Kier molecular flexibility index (Phi) is 4.67. The number of aliphatic imine (C=N–C) groups is 1. The van der Waals surface area contributed by atoms with Crippen molar-refractivity contribution < 1.29 is 10.0 Å². The van der Waals surface area contributed by atoms with E-state index in [1.54, 1.807) is 0 Å². The average molecular weight is 159 g/mol. The molecule has 0 saturated carbocycles. The van der Waals surface area contributed by atoms with E-state index >= 15 is 0 Å². The lowest BCUT2D eigenvalue weighted by atomic mass is 10.6. The minimum absolute atomic E-state index is 0.0806. The van der Waals surface area contributed by atoms with E-state index in [1.807, 2.05) is 0 Å². The van der Waals surface area contributed by atoms with E-state index < -0.39 is 10.7 Å². The van der Waals surface area contributed by atoms with Crippen molar-refractivity contribution in [3.05, 3.63) is 22.0 Å². The predicted molar refractivity (Wildman–Crippen MR) is 39.7 cm³/mol. The number of nitrogens with zero attached hydrogens (tertiary/aromatic N) is 2. The van der Waals surface area contributed by atoms with Gasteiger partial charge in [-0.05, 0) is 4.92 Å². The second-order valence-electron chi connectivity index (χ2n) is 1.63. The van der Waals surface area contributed by atoms with Crippen molar-refractivity contribution >= 4 is 6.21 Å². The van der Waals surface area contributed by atoms with E-state index in [9.17, 15) is 10.1 Å². The predicted octanol–water partition coefficient (Wildman–Crippen LogP) is -0.874. The van der Waals surface area contributed by atoms with E-state index in [0.717, 1.165) is 6.08 Å². The molecule has 0 aromatic heterocycles. The third-order valence-electron chi connectivity index (χ3n) is 0.791. The number of hydrogen-bond acceptors (Lipinski definition) is 5. The second kappa shape index (κ2) is 5.36. The summed E-state index contributed by atoms with van der Waals surface area (Å²) in [5.41, 5.74) is 4.91. The molecule has 0 atom stereocenters. The van der Waals surface area contributed by atoms with Crippen LogP contribution in [0.5, 0.6) is 0 Å². The summed E-state index contributed by atoms with van der Waals surface area (Å²) >= 11 is 0. The molecule has 3 N–H and O–H groups in total. The molecule has 62 valence electrons. The molecule has 0 aliphatic carbocycles. The molecular weight excluding hydrogens is 150 g/mol. The van der Waals surface area contributed by atoms with Crippen molar-refractivity contribution in [2.75, 3.05) is 13.2 Å². The first-order valence-corrected chi connectivity index (χ1v) is 2.89. The zero-order chi connectivity index (χ0) is 8.69. The quantitative estimate of drug-likeness (QED) is 0.316. The molecule has 0 aromatic rings. The van der Waals surface area contributed by atoms with Crippen LogP contribution in [0.2, 0.25) is 0 Å². The van der Waals surface area contributed by atoms with Crippen LogP contribution >= 0.6 is 0 Å². The Labute approximate surface area is 63.2 Å². The Bertz CT molecular complexity index is 187. The van der Waals surface area contributed by atoms with Crippen molar-refractivity contribution in [3.63, 3.8) is 0 Å². The van der Waals surface area contributed by atoms with Crippen LogP contribution in [-0.2, 0) is 0 Å². The van der Waals surface area contributed by atoms with E-state index in [1.165, 1.54) is 6.21 Å². The average Bonchev–Trinajstić information content (AvgIpc) is 1.97. The molecule has 0 heterocycles. The first-order chi connectivity index (χ1) is 5.18. The van der Waals surface area contributed by atoms with Gasteiger partial charge in [-0.15, -0.1) is 0 Å². The van der Waals surface area contributed by atoms with Gasteiger partial charge in [-0.1, -0.05) is 0 Å². The highest BCUT2D eigenvalue weighted by molar-refractivity contribution is 5.71. The van der Waals surface area contributed by atoms with Gasteiger partial charge in [0.05, 0.1) is 13.2 Å². The van der Waals surface area contributed by atoms with Crippen molar-refractivity contribution in [3.8, 4) is 0 Å². The van der Waals surface area contributed by atoms with Crippen molar-refractivity contribution in [1.29, 1.82) is 0 Å². The fourth-order valence-corrected chi connectivity index (χ4v) is 0.322. The molecule has 0 amide bonds. The molecule has 0 radical (unpaired) electrons. The Balaban J connectivity index is 3.81. The molecule has 0 aromatic carbocycles. The Morgan fingerprint density at radius 1 is 1.82 bits per heavy atom. The van der Waals surface area contributed by atoms with Crippen LogP contribution < -0.4 is 5.73 Å². The lowest BCUT2D eigenvalue weighted by molar-refractivity contribution is -0.426. The number of aliphatic hydroxyl groups excluding tert-OH is 1. The Morgan fingerprint density at radius 2 is 2.45 bits per heavy atom. The molecule has 0 bridgehead atoms. The number of aliphatic hydroxyl groups is 1. The SMILES string of the molecule is N/C(=C\C=NCCO)[N+](=O)[O-]. The maximum Gasteiger partial charge on any atom is 0.315 e. The van der Waals surface area contributed by atoms with Crippen LogP contribution in [0, 0.1) is 10.1 Å². The zero-order valence-electron chi connectivity index (χ0n) is 5.80. The molecule has 0 spiro atoms. The number of nitrogens with two attached hydrogens (primary N) is 1. The van der Waals surface area contributed by atoms with Gasteiger partial charge in [0.1, 0.15) is 0 Å². The standard InChI is InChI=1S/C5H9N3O3/c6-5(8(10)11)1-2-7-3-4-9/h1-2,9H,3-4,6H2/b5-1+,7-2?. The van der Waals surface area contributed by atoms with Gasteiger partial charge in [-0.3, -0.25) is 10.7 Å². The molecule has 0 aliphatic rings. The highest BCUT2D eigenvalue weighted by Crippen LogP contribution is 1.80. The molecule has 6 nitrogen and oxygen atoms in total. The van der Waals surface area contributed by atoms with Gasteiger partial charge in [0.25, 0.3) is 0 Å². The third-order valence-corrected chi connectivity index (χ3v) is 0.791. The van der Waals surface area contributed by atoms with E-state index in [0.29, 0.717) is 0 Å². The first kappa shape index (κ1) is 9.57. The topological polar surface area (TPSA) is 102 Å². The molecule has 0 fully saturated rings. The van der Waals surface area contributed by atoms with Crippen molar-refractivity contribution in [2.24, 2.45) is 10.7 Å². The molecule has 6 heteroatoms. The van der Waals surface area contributed by atoms with Gasteiger partial charge in [-0.25, -0.2) is 0 Å². The highest BCUT2D eigenvalue weighted by Gasteiger charge is 1.94.